The summed E-state index contributed by atoms with van der Waals surface area (Å²) < 4.78 is 25.4. The van der Waals surface area contributed by atoms with Crippen molar-refractivity contribution in [3.8, 4) is 11.5 Å². The molecule has 0 bridgehead atoms. The summed E-state index contributed by atoms with van der Waals surface area (Å²) in [5.41, 5.74) is 3.13. The van der Waals surface area contributed by atoms with Crippen LogP contribution in [0.2, 0.25) is 5.02 Å². The highest BCUT2D eigenvalue weighted by atomic mass is 35.5. The predicted octanol–water partition coefficient (Wildman–Crippen LogP) is 5.49. The molecule has 31 heavy (non-hydrogen) atoms. The summed E-state index contributed by atoms with van der Waals surface area (Å²) in [5, 5.41) is 0.721. The topological polar surface area (TPSA) is 38.8 Å². The monoisotopic (exact) mass is 435 g/mol. The molecule has 4 nitrogen and oxygen atoms in total. The fourth-order valence-electron chi connectivity index (χ4n) is 3.83. The molecule has 0 saturated carbocycles. The van der Waals surface area contributed by atoms with E-state index in [1.165, 1.54) is 17.7 Å². The summed E-state index contributed by atoms with van der Waals surface area (Å²) in [6.07, 6.45) is 2.43. The Balaban J connectivity index is 1.36. The molecule has 0 unspecified atom stereocenters. The quantitative estimate of drug-likeness (QED) is 0.508. The molecule has 2 aliphatic rings. The molecule has 0 N–H and O–H groups in total. The van der Waals surface area contributed by atoms with Crippen LogP contribution in [-0.2, 0) is 13.0 Å². The second-order valence-corrected chi connectivity index (χ2v) is 8.05. The molecule has 6 heteroatoms. The molecular weight excluding hydrogens is 417 g/mol. The molecule has 0 spiro atoms. The standard InChI is InChI=1S/C25H19ClFNO3/c26-18-6-4-16(5-7-18)10-11-28-14-21-22(30-15-28)9-8-20-24(29)23(31-25(20)21)13-17-2-1-3-19(27)12-17/h1-9,12-13H,10-11,14-15H2/b23-13-. The third-order valence-electron chi connectivity index (χ3n) is 5.46. The SMILES string of the molecule is O=C1/C(=C/c2cccc(F)c2)Oc2c1ccc1c2CN(CCc2ccc(Cl)cc2)CO1. The van der Waals surface area contributed by atoms with Gasteiger partial charge in [0, 0.05) is 18.1 Å². The lowest BCUT2D eigenvalue weighted by Crippen LogP contribution is -2.33. The molecule has 2 aliphatic heterocycles. The van der Waals surface area contributed by atoms with Crippen LogP contribution in [0.25, 0.3) is 6.08 Å². The number of carbonyl (C=O) groups excluding carboxylic acids is 1. The molecule has 0 radical (unpaired) electrons. The summed E-state index contributed by atoms with van der Waals surface area (Å²) in [7, 11) is 0. The van der Waals surface area contributed by atoms with E-state index in [0.717, 1.165) is 29.3 Å². The van der Waals surface area contributed by atoms with E-state index in [9.17, 15) is 9.18 Å². The maximum atomic E-state index is 13.5. The van der Waals surface area contributed by atoms with Crippen molar-refractivity contribution in [2.45, 2.75) is 13.0 Å². The first-order valence-corrected chi connectivity index (χ1v) is 10.4. The lowest BCUT2D eigenvalue weighted by atomic mass is 10.0. The van der Waals surface area contributed by atoms with E-state index in [1.807, 2.05) is 30.3 Å². The van der Waals surface area contributed by atoms with Gasteiger partial charge in [0.1, 0.15) is 24.0 Å². The van der Waals surface area contributed by atoms with Crippen LogP contribution in [0.1, 0.15) is 27.0 Å². The van der Waals surface area contributed by atoms with Gasteiger partial charge in [0.25, 0.3) is 0 Å². The van der Waals surface area contributed by atoms with E-state index >= 15 is 0 Å². The number of hydrogen-bond acceptors (Lipinski definition) is 4. The van der Waals surface area contributed by atoms with Gasteiger partial charge < -0.3 is 9.47 Å². The van der Waals surface area contributed by atoms with Crippen molar-refractivity contribution < 1.29 is 18.7 Å². The zero-order chi connectivity index (χ0) is 21.4. The van der Waals surface area contributed by atoms with Crippen LogP contribution in [0.4, 0.5) is 4.39 Å². The number of ketones is 1. The number of ether oxygens (including phenoxy) is 2. The Morgan fingerprint density at radius 1 is 1.10 bits per heavy atom. The number of halogens is 2. The van der Waals surface area contributed by atoms with E-state index in [1.54, 1.807) is 24.3 Å². The fourth-order valence-corrected chi connectivity index (χ4v) is 3.96. The Bertz CT molecular complexity index is 1190. The summed E-state index contributed by atoms with van der Waals surface area (Å²) in [5.74, 6) is 0.870. The number of hydrogen-bond donors (Lipinski definition) is 0. The summed E-state index contributed by atoms with van der Waals surface area (Å²) >= 11 is 5.96. The second kappa shape index (κ2) is 8.17. The van der Waals surface area contributed by atoms with Crippen LogP contribution in [0, 0.1) is 5.82 Å². The average Bonchev–Trinajstić information content (AvgIpc) is 3.09. The minimum absolute atomic E-state index is 0.187. The Kier molecular flexibility index (Phi) is 5.22. The first-order chi connectivity index (χ1) is 15.1. The third kappa shape index (κ3) is 4.07. The maximum absolute atomic E-state index is 13.5. The molecule has 0 saturated heterocycles. The maximum Gasteiger partial charge on any atom is 0.231 e. The van der Waals surface area contributed by atoms with Gasteiger partial charge in [-0.15, -0.1) is 0 Å². The van der Waals surface area contributed by atoms with Crippen molar-refractivity contribution in [3.63, 3.8) is 0 Å². The lowest BCUT2D eigenvalue weighted by molar-refractivity contribution is 0.0950. The molecule has 5 rings (SSSR count). The molecule has 2 heterocycles. The summed E-state index contributed by atoms with van der Waals surface area (Å²) in [6, 6.07) is 17.4. The largest absolute Gasteiger partial charge is 0.478 e. The highest BCUT2D eigenvalue weighted by Gasteiger charge is 2.33. The Morgan fingerprint density at radius 3 is 2.74 bits per heavy atom. The van der Waals surface area contributed by atoms with Gasteiger partial charge in [-0.3, -0.25) is 9.69 Å². The number of allylic oxidation sites excluding steroid dienone is 1. The first kappa shape index (κ1) is 19.8. The van der Waals surface area contributed by atoms with E-state index in [0.29, 0.717) is 30.2 Å². The minimum atomic E-state index is -0.362. The average molecular weight is 436 g/mol. The van der Waals surface area contributed by atoms with Crippen LogP contribution < -0.4 is 9.47 Å². The smallest absolute Gasteiger partial charge is 0.231 e. The number of carbonyl (C=O) groups is 1. The number of rotatable bonds is 4. The van der Waals surface area contributed by atoms with Gasteiger partial charge in [0.15, 0.2) is 5.76 Å². The van der Waals surface area contributed by atoms with Crippen LogP contribution in [-0.4, -0.2) is 24.0 Å². The molecule has 0 aliphatic carbocycles. The molecule has 3 aromatic carbocycles. The summed E-state index contributed by atoms with van der Waals surface area (Å²) in [6.45, 7) is 1.89. The van der Waals surface area contributed by atoms with Crippen molar-refractivity contribution in [1.82, 2.24) is 4.90 Å². The van der Waals surface area contributed by atoms with Crippen molar-refractivity contribution in [3.05, 3.63) is 99.5 Å². The fraction of sp³-hybridized carbons (Fsp3) is 0.160. The number of fused-ring (bicyclic) bond motifs is 3. The zero-order valence-corrected chi connectivity index (χ0v) is 17.4. The third-order valence-corrected chi connectivity index (χ3v) is 5.71. The Hall–Kier alpha value is -3.15. The Labute approximate surface area is 184 Å². The molecule has 0 atom stereocenters. The van der Waals surface area contributed by atoms with E-state index < -0.39 is 0 Å². The van der Waals surface area contributed by atoms with E-state index in [2.05, 4.69) is 4.90 Å². The van der Waals surface area contributed by atoms with Crippen LogP contribution in [0.3, 0.4) is 0 Å². The Morgan fingerprint density at radius 2 is 1.94 bits per heavy atom. The zero-order valence-electron chi connectivity index (χ0n) is 16.6. The number of benzene rings is 3. The van der Waals surface area contributed by atoms with Gasteiger partial charge in [-0.25, -0.2) is 4.39 Å². The molecule has 0 aromatic heterocycles. The molecular formula is C25H19ClFNO3. The van der Waals surface area contributed by atoms with Crippen molar-refractivity contribution in [1.29, 1.82) is 0 Å². The van der Waals surface area contributed by atoms with E-state index in [-0.39, 0.29) is 17.4 Å². The van der Waals surface area contributed by atoms with Gasteiger partial charge in [0.05, 0.1) is 11.1 Å². The van der Waals surface area contributed by atoms with Crippen molar-refractivity contribution in [2.75, 3.05) is 13.3 Å². The van der Waals surface area contributed by atoms with Gasteiger partial charge in [-0.2, -0.15) is 0 Å². The van der Waals surface area contributed by atoms with Gasteiger partial charge in [0.2, 0.25) is 5.78 Å². The highest BCUT2D eigenvalue weighted by molar-refractivity contribution is 6.30. The predicted molar refractivity (Wildman–Crippen MR) is 117 cm³/mol. The number of nitrogens with zero attached hydrogens (tertiary/aromatic N) is 1. The van der Waals surface area contributed by atoms with Gasteiger partial charge in [-0.05, 0) is 60.0 Å². The lowest BCUT2D eigenvalue weighted by Gasteiger charge is -2.29. The van der Waals surface area contributed by atoms with Gasteiger partial charge in [-0.1, -0.05) is 35.9 Å². The molecule has 0 amide bonds. The van der Waals surface area contributed by atoms with Crippen LogP contribution in [0.5, 0.6) is 11.5 Å². The molecule has 3 aromatic rings. The second-order valence-electron chi connectivity index (χ2n) is 7.62. The minimum Gasteiger partial charge on any atom is -0.478 e. The highest BCUT2D eigenvalue weighted by Crippen LogP contribution is 2.42. The van der Waals surface area contributed by atoms with Crippen LogP contribution in [0.15, 0.2) is 66.4 Å². The van der Waals surface area contributed by atoms with Crippen molar-refractivity contribution in [2.24, 2.45) is 0 Å². The number of Topliss-reactive ketones (excluding diaryl/α,β-unsaturated/α-hetero) is 1. The molecule has 0 fully saturated rings. The molecule has 156 valence electrons. The van der Waals surface area contributed by atoms with Crippen LogP contribution >= 0.6 is 11.6 Å². The summed E-state index contributed by atoms with van der Waals surface area (Å²) in [4.78, 5) is 15.0. The first-order valence-electron chi connectivity index (χ1n) is 10.0. The van der Waals surface area contributed by atoms with Crippen molar-refractivity contribution >= 4 is 23.5 Å². The van der Waals surface area contributed by atoms with Gasteiger partial charge >= 0.3 is 0 Å². The normalized spacial score (nSPS) is 16.6. The van der Waals surface area contributed by atoms with E-state index in [4.69, 9.17) is 21.1 Å².